The first-order valence-corrected chi connectivity index (χ1v) is 25.9. The Morgan fingerprint density at radius 2 is 1.03 bits per heavy atom. The van der Waals surface area contributed by atoms with Crippen LogP contribution in [0.25, 0.3) is 129 Å². The van der Waals surface area contributed by atoms with Crippen molar-refractivity contribution in [3.8, 4) is 5.69 Å². The fourth-order valence-corrected chi connectivity index (χ4v) is 13.3. The topological polar surface area (TPSA) is 47.7 Å². The van der Waals surface area contributed by atoms with Gasteiger partial charge in [-0.2, -0.15) is 0 Å². The Hall–Kier alpha value is -9.10. The molecule has 0 spiro atoms. The Morgan fingerprint density at radius 1 is 0.438 bits per heavy atom. The molecule has 16 rings (SSSR count). The van der Waals surface area contributed by atoms with E-state index in [1.807, 2.05) is 11.3 Å². The normalized spacial score (nSPS) is 16.8. The third kappa shape index (κ3) is 6.02. The summed E-state index contributed by atoms with van der Waals surface area (Å²) in [6.07, 6.45) is 3.07. The number of allylic oxidation sites excluding steroid dienone is 1. The maximum atomic E-state index is 7.10. The molecule has 73 heavy (non-hydrogen) atoms. The van der Waals surface area contributed by atoms with E-state index in [2.05, 4.69) is 234 Å². The standard InChI is InChI=1S/C67H42N4OS/c1-39-29-32-56(51-25-14-24-50-48-23-10-13-28-63(48)73-66(50)51)68-67(71-57-26-11-8-21-46(57)47-22-9-12-27-58(47)71)69-64(39)55-38-62-54(49-31-30-40-15-6-7-20-45(40)65(49)72-62)37-61(55)70-59-35-43-18-4-2-16-41(43)33-52(59)53-34-42-17-3-5-19-44(42)36-60(53)70/h2-28,30-39H,29H2,1H3/b56-32+,68-67+,69-64+. The minimum Gasteiger partial charge on any atom is -0.455 e. The zero-order valence-electron chi connectivity index (χ0n) is 39.7. The number of benzene rings is 11. The number of rotatable bonds is 3. The number of para-hydroxylation sites is 2. The van der Waals surface area contributed by atoms with Crippen molar-refractivity contribution in [1.29, 1.82) is 0 Å². The van der Waals surface area contributed by atoms with Crippen molar-refractivity contribution < 1.29 is 4.42 Å². The number of thiophene rings is 1. The van der Waals surface area contributed by atoms with Crippen molar-refractivity contribution in [2.45, 2.75) is 13.3 Å². The van der Waals surface area contributed by atoms with Crippen LogP contribution in [0.4, 0.5) is 0 Å². The number of hydrogen-bond acceptors (Lipinski definition) is 4. The SMILES string of the molecule is CC1C/C=C(c2cccc3c2sc2ccccc23)/N=C(n2c3ccccc3c3ccccc32)\N=C/1c1cc2oc3c4ccccc4ccc3c2cc1-n1c2cc3ccccc3cc2c2cc3ccccc3cc21. The predicted molar refractivity (Wildman–Crippen MR) is 310 cm³/mol. The quantitative estimate of drug-likeness (QED) is 0.174. The lowest BCUT2D eigenvalue weighted by molar-refractivity contribution is 0.672. The Balaban J connectivity index is 1.04. The summed E-state index contributed by atoms with van der Waals surface area (Å²) in [5.41, 5.74) is 11.1. The second-order valence-electron chi connectivity index (χ2n) is 19.7. The fraction of sp³-hybridized carbons (Fsp3) is 0.0448. The van der Waals surface area contributed by atoms with E-state index in [1.165, 1.54) is 52.5 Å². The van der Waals surface area contributed by atoms with Crippen LogP contribution in [-0.2, 0) is 0 Å². The summed E-state index contributed by atoms with van der Waals surface area (Å²) in [5, 5.41) is 16.4. The van der Waals surface area contributed by atoms with Crippen LogP contribution >= 0.6 is 11.3 Å². The van der Waals surface area contributed by atoms with Gasteiger partial charge in [0.2, 0.25) is 5.96 Å². The predicted octanol–water partition coefficient (Wildman–Crippen LogP) is 18.4. The highest BCUT2D eigenvalue weighted by atomic mass is 32.1. The number of furan rings is 1. The molecule has 1 aliphatic rings. The Bertz CT molecular complexity index is 4830. The van der Waals surface area contributed by atoms with Gasteiger partial charge in [-0.3, -0.25) is 4.57 Å². The average Bonchev–Trinajstić information content (AvgIpc) is 4.18. The van der Waals surface area contributed by atoms with Crippen LogP contribution in [0, 0.1) is 5.92 Å². The summed E-state index contributed by atoms with van der Waals surface area (Å²) in [6, 6.07) is 77.3. The van der Waals surface area contributed by atoms with Gasteiger partial charge in [-0.15, -0.1) is 11.3 Å². The zero-order chi connectivity index (χ0) is 47.9. The van der Waals surface area contributed by atoms with Gasteiger partial charge in [-0.1, -0.05) is 165 Å². The molecule has 1 atom stereocenters. The lowest BCUT2D eigenvalue weighted by Crippen LogP contribution is -2.21. The summed E-state index contributed by atoms with van der Waals surface area (Å²) in [4.78, 5) is 11.8. The highest BCUT2D eigenvalue weighted by molar-refractivity contribution is 7.26. The molecule has 1 unspecified atom stereocenters. The van der Waals surface area contributed by atoms with Crippen LogP contribution in [0.2, 0.25) is 0 Å². The maximum Gasteiger partial charge on any atom is 0.235 e. The highest BCUT2D eigenvalue weighted by Gasteiger charge is 2.28. The van der Waals surface area contributed by atoms with Crippen molar-refractivity contribution >= 4 is 147 Å². The molecular weight excluding hydrogens is 909 g/mol. The van der Waals surface area contributed by atoms with Gasteiger partial charge in [0.05, 0.1) is 39.2 Å². The van der Waals surface area contributed by atoms with Gasteiger partial charge in [0, 0.05) is 74.9 Å². The van der Waals surface area contributed by atoms with E-state index in [0.29, 0.717) is 12.4 Å². The monoisotopic (exact) mass is 950 g/mol. The van der Waals surface area contributed by atoms with E-state index in [1.54, 1.807) is 0 Å². The van der Waals surface area contributed by atoms with Gasteiger partial charge < -0.3 is 8.98 Å². The Labute approximate surface area is 422 Å². The number of nitrogens with zero attached hydrogens (tertiary/aromatic N) is 4. The summed E-state index contributed by atoms with van der Waals surface area (Å²) in [5.74, 6) is 0.565. The molecule has 0 amide bonds. The number of aliphatic imine (C=N–C) groups is 2. The van der Waals surface area contributed by atoms with E-state index < -0.39 is 0 Å². The molecule has 1 aliphatic heterocycles. The molecule has 4 aromatic heterocycles. The first-order valence-electron chi connectivity index (χ1n) is 25.1. The van der Waals surface area contributed by atoms with Crippen molar-refractivity contribution in [2.75, 3.05) is 0 Å². The second-order valence-corrected chi connectivity index (χ2v) is 20.7. The molecule has 0 bridgehead atoms. The van der Waals surface area contributed by atoms with Crippen LogP contribution in [0.3, 0.4) is 0 Å². The number of hydrogen-bond donors (Lipinski definition) is 0. The van der Waals surface area contributed by atoms with Crippen LogP contribution < -0.4 is 0 Å². The third-order valence-electron chi connectivity index (χ3n) is 15.5. The summed E-state index contributed by atoms with van der Waals surface area (Å²) in [7, 11) is 0. The first kappa shape index (κ1) is 40.6. The molecule has 0 saturated carbocycles. The molecule has 0 aliphatic carbocycles. The molecule has 342 valence electrons. The minimum absolute atomic E-state index is 0.0497. The van der Waals surface area contributed by atoms with Crippen molar-refractivity contribution in [2.24, 2.45) is 15.9 Å². The van der Waals surface area contributed by atoms with Gasteiger partial charge in [-0.25, -0.2) is 9.98 Å². The van der Waals surface area contributed by atoms with E-state index in [0.717, 1.165) is 93.8 Å². The van der Waals surface area contributed by atoms with E-state index in [4.69, 9.17) is 14.4 Å². The molecular formula is C67H42N4OS. The van der Waals surface area contributed by atoms with Gasteiger partial charge in [0.1, 0.15) is 11.2 Å². The molecule has 0 saturated heterocycles. The summed E-state index contributed by atoms with van der Waals surface area (Å²) in [6.45, 7) is 2.33. The van der Waals surface area contributed by atoms with Gasteiger partial charge in [-0.05, 0) is 94.0 Å². The van der Waals surface area contributed by atoms with E-state index >= 15 is 0 Å². The second kappa shape index (κ2) is 15.4. The summed E-state index contributed by atoms with van der Waals surface area (Å²) < 4.78 is 14.4. The molecule has 6 heteroatoms. The zero-order valence-corrected chi connectivity index (χ0v) is 40.5. The minimum atomic E-state index is -0.0497. The van der Waals surface area contributed by atoms with Gasteiger partial charge >= 0.3 is 0 Å². The van der Waals surface area contributed by atoms with Crippen LogP contribution in [0.15, 0.2) is 233 Å². The lowest BCUT2D eigenvalue weighted by Gasteiger charge is -2.22. The molecule has 0 N–H and O–H groups in total. The molecule has 15 aromatic rings. The molecule has 5 heterocycles. The Kier molecular flexibility index (Phi) is 8.59. The molecule has 0 fully saturated rings. The van der Waals surface area contributed by atoms with E-state index in [9.17, 15) is 0 Å². The average molecular weight is 951 g/mol. The maximum absolute atomic E-state index is 7.10. The molecule has 11 aromatic carbocycles. The van der Waals surface area contributed by atoms with Crippen LogP contribution in [0.5, 0.6) is 0 Å². The van der Waals surface area contributed by atoms with Gasteiger partial charge in [0.15, 0.2) is 0 Å². The largest absolute Gasteiger partial charge is 0.455 e. The van der Waals surface area contributed by atoms with Crippen LogP contribution in [-0.4, -0.2) is 20.8 Å². The van der Waals surface area contributed by atoms with Crippen molar-refractivity contribution in [1.82, 2.24) is 9.13 Å². The molecule has 0 radical (unpaired) electrons. The van der Waals surface area contributed by atoms with E-state index in [-0.39, 0.29) is 5.92 Å². The first-order chi connectivity index (χ1) is 36.1. The highest BCUT2D eigenvalue weighted by Crippen LogP contribution is 2.44. The fourth-order valence-electron chi connectivity index (χ4n) is 12.1. The smallest absolute Gasteiger partial charge is 0.235 e. The summed E-state index contributed by atoms with van der Waals surface area (Å²) >= 11 is 1.84. The van der Waals surface area contributed by atoms with Crippen molar-refractivity contribution in [3.05, 3.63) is 230 Å². The van der Waals surface area contributed by atoms with Gasteiger partial charge in [0.25, 0.3) is 0 Å². The number of aromatic nitrogens is 2. The molecule has 5 nitrogen and oxygen atoms in total. The lowest BCUT2D eigenvalue weighted by atomic mass is 9.91. The van der Waals surface area contributed by atoms with Crippen molar-refractivity contribution in [3.63, 3.8) is 0 Å². The Morgan fingerprint density at radius 3 is 1.73 bits per heavy atom. The van der Waals surface area contributed by atoms with Crippen LogP contribution in [0.1, 0.15) is 24.5 Å². The third-order valence-corrected chi connectivity index (χ3v) is 16.7. The number of fused-ring (bicyclic) bond motifs is 16.